The number of carboxylic acids is 1. The van der Waals surface area contributed by atoms with Crippen LogP contribution in [-0.2, 0) is 4.79 Å². The van der Waals surface area contributed by atoms with E-state index in [0.29, 0.717) is 6.54 Å². The predicted octanol–water partition coefficient (Wildman–Crippen LogP) is 1.09. The molecule has 2 unspecified atom stereocenters. The zero-order valence-electron chi connectivity index (χ0n) is 11.8. The van der Waals surface area contributed by atoms with Crippen LogP contribution in [-0.4, -0.2) is 40.8 Å². The first-order valence-corrected chi connectivity index (χ1v) is 6.36. The van der Waals surface area contributed by atoms with E-state index < -0.39 is 23.0 Å². The first-order chi connectivity index (χ1) is 9.90. The molecule has 0 saturated heterocycles. The number of carbonyl (C=O) groups is 1. The van der Waals surface area contributed by atoms with Crippen molar-refractivity contribution in [2.24, 2.45) is 0 Å². The molecule has 0 aliphatic heterocycles. The summed E-state index contributed by atoms with van der Waals surface area (Å²) in [5, 5.41) is 32.9. The molecule has 2 atom stereocenters. The monoisotopic (exact) mass is 298 g/mol. The van der Waals surface area contributed by atoms with Crippen LogP contribution in [0.4, 0.5) is 5.69 Å². The van der Waals surface area contributed by atoms with Crippen LogP contribution in [0.5, 0.6) is 5.75 Å². The molecule has 0 fully saturated rings. The number of hydrogen-bond acceptors (Lipinski definition) is 6. The Morgan fingerprint density at radius 3 is 2.67 bits per heavy atom. The summed E-state index contributed by atoms with van der Waals surface area (Å²) in [6.07, 6.45) is -1.47. The molecule has 0 radical (unpaired) electrons. The molecule has 0 aliphatic rings. The summed E-state index contributed by atoms with van der Waals surface area (Å²) in [6.45, 7) is 2.24. The summed E-state index contributed by atoms with van der Waals surface area (Å²) in [7, 11) is 1.31. The molecule has 116 valence electrons. The minimum absolute atomic E-state index is 0.0779. The second-order valence-electron chi connectivity index (χ2n) is 4.40. The molecule has 8 nitrogen and oxygen atoms in total. The van der Waals surface area contributed by atoms with Crippen molar-refractivity contribution in [3.8, 4) is 5.75 Å². The van der Waals surface area contributed by atoms with E-state index in [1.165, 1.54) is 25.3 Å². The van der Waals surface area contributed by atoms with E-state index in [2.05, 4.69) is 5.32 Å². The van der Waals surface area contributed by atoms with E-state index in [4.69, 9.17) is 9.84 Å². The van der Waals surface area contributed by atoms with Crippen LogP contribution in [0.2, 0.25) is 0 Å². The minimum Gasteiger partial charge on any atom is -0.490 e. The van der Waals surface area contributed by atoms with Gasteiger partial charge in [0.2, 0.25) is 0 Å². The third kappa shape index (κ3) is 4.40. The van der Waals surface area contributed by atoms with Gasteiger partial charge in [-0.05, 0) is 18.2 Å². The highest BCUT2D eigenvalue weighted by atomic mass is 16.6. The number of aliphatic carboxylic acids is 1. The van der Waals surface area contributed by atoms with Crippen LogP contribution in [0.25, 0.3) is 0 Å². The highest BCUT2D eigenvalue weighted by Crippen LogP contribution is 2.31. The lowest BCUT2D eigenvalue weighted by molar-refractivity contribution is -0.385. The maximum Gasteiger partial charge on any atom is 0.311 e. The number of rotatable bonds is 8. The lowest BCUT2D eigenvalue weighted by Crippen LogP contribution is -2.36. The molecule has 0 aliphatic carbocycles. The summed E-state index contributed by atoms with van der Waals surface area (Å²) in [6, 6.07) is 3.30. The number of likely N-dealkylation sites (N-methyl/N-ethyl adjacent to an activating group) is 1. The van der Waals surface area contributed by atoms with Gasteiger partial charge < -0.3 is 20.3 Å². The van der Waals surface area contributed by atoms with Gasteiger partial charge in [0.15, 0.2) is 5.75 Å². The molecule has 0 aromatic heterocycles. The van der Waals surface area contributed by atoms with Crippen LogP contribution < -0.4 is 10.1 Å². The third-order valence-corrected chi connectivity index (χ3v) is 2.98. The number of nitro benzene ring substituents is 1. The average Bonchev–Trinajstić information content (AvgIpc) is 2.44. The highest BCUT2D eigenvalue weighted by molar-refractivity contribution is 5.67. The van der Waals surface area contributed by atoms with Crippen LogP contribution in [0.3, 0.4) is 0 Å². The normalized spacial score (nSPS) is 13.5. The predicted molar refractivity (Wildman–Crippen MR) is 74.3 cm³/mol. The number of benzene rings is 1. The molecule has 0 heterocycles. The number of aliphatic hydroxyl groups is 1. The minimum atomic E-state index is -1.18. The summed E-state index contributed by atoms with van der Waals surface area (Å²) in [4.78, 5) is 21.2. The Balaban J connectivity index is 3.09. The summed E-state index contributed by atoms with van der Waals surface area (Å²) in [5.74, 6) is -0.989. The number of aliphatic hydroxyl groups excluding tert-OH is 1. The van der Waals surface area contributed by atoms with Gasteiger partial charge >= 0.3 is 11.7 Å². The Hall–Kier alpha value is -2.19. The van der Waals surface area contributed by atoms with E-state index in [9.17, 15) is 20.0 Å². The summed E-state index contributed by atoms with van der Waals surface area (Å²) >= 11 is 0. The largest absolute Gasteiger partial charge is 0.490 e. The number of carboxylic acid groups (broad SMARTS) is 1. The summed E-state index contributed by atoms with van der Waals surface area (Å²) in [5.41, 5.74) is -0.0191. The van der Waals surface area contributed by atoms with Gasteiger partial charge in [-0.3, -0.25) is 14.9 Å². The topological polar surface area (TPSA) is 122 Å². The number of nitro groups is 1. The molecule has 1 aromatic rings. The van der Waals surface area contributed by atoms with Crippen molar-refractivity contribution < 1.29 is 24.7 Å². The Bertz CT molecular complexity index is 519. The van der Waals surface area contributed by atoms with Gasteiger partial charge in [0.1, 0.15) is 0 Å². The van der Waals surface area contributed by atoms with Gasteiger partial charge in [-0.1, -0.05) is 13.0 Å². The van der Waals surface area contributed by atoms with E-state index in [0.717, 1.165) is 0 Å². The Labute approximate surface area is 121 Å². The fourth-order valence-electron chi connectivity index (χ4n) is 2.01. The highest BCUT2D eigenvalue weighted by Gasteiger charge is 2.25. The van der Waals surface area contributed by atoms with Gasteiger partial charge in [-0.15, -0.1) is 0 Å². The molecule has 0 spiro atoms. The van der Waals surface area contributed by atoms with Gasteiger partial charge in [0, 0.05) is 12.1 Å². The van der Waals surface area contributed by atoms with Crippen molar-refractivity contribution in [1.82, 2.24) is 5.32 Å². The fourth-order valence-corrected chi connectivity index (χ4v) is 2.01. The molecule has 3 N–H and O–H groups in total. The number of hydrogen-bond donors (Lipinski definition) is 3. The van der Waals surface area contributed by atoms with Crippen molar-refractivity contribution in [3.05, 3.63) is 33.9 Å². The second kappa shape index (κ2) is 7.55. The lowest BCUT2D eigenvalue weighted by atomic mass is 9.99. The summed E-state index contributed by atoms with van der Waals surface area (Å²) < 4.78 is 4.88. The molecule has 8 heteroatoms. The Morgan fingerprint density at radius 1 is 1.52 bits per heavy atom. The average molecular weight is 298 g/mol. The van der Waals surface area contributed by atoms with Crippen LogP contribution in [0, 0.1) is 10.1 Å². The van der Waals surface area contributed by atoms with Crippen molar-refractivity contribution in [2.75, 3.05) is 13.7 Å². The number of nitrogens with zero attached hydrogens (tertiary/aromatic N) is 1. The molecule has 1 rings (SSSR count). The molecule has 21 heavy (non-hydrogen) atoms. The molecule has 0 amide bonds. The molecule has 0 saturated carbocycles. The fraction of sp³-hybridized carbons (Fsp3) is 0.462. The van der Waals surface area contributed by atoms with Gasteiger partial charge in [0.05, 0.1) is 24.6 Å². The van der Waals surface area contributed by atoms with Gasteiger partial charge in [-0.25, -0.2) is 0 Å². The molecular formula is C13H18N2O6. The van der Waals surface area contributed by atoms with E-state index in [1.807, 2.05) is 0 Å². The first-order valence-electron chi connectivity index (χ1n) is 6.36. The third-order valence-electron chi connectivity index (χ3n) is 2.98. The van der Waals surface area contributed by atoms with Crippen molar-refractivity contribution >= 4 is 11.7 Å². The van der Waals surface area contributed by atoms with Crippen LogP contribution in [0.15, 0.2) is 18.2 Å². The van der Waals surface area contributed by atoms with E-state index in [-0.39, 0.29) is 23.4 Å². The standard InChI is InChI=1S/C13H18N2O6/c1-3-14-9(7-12(16)17)13(18)8-4-5-11(21-2)10(6-8)15(19)20/h4-6,9,13-14,18H,3,7H2,1-2H3,(H,16,17). The zero-order valence-corrected chi connectivity index (χ0v) is 11.8. The van der Waals surface area contributed by atoms with Crippen LogP contribution >= 0.6 is 0 Å². The first kappa shape index (κ1) is 16.9. The van der Waals surface area contributed by atoms with Crippen molar-refractivity contribution in [3.63, 3.8) is 0 Å². The number of nitrogens with one attached hydrogen (secondary N) is 1. The van der Waals surface area contributed by atoms with Gasteiger partial charge in [-0.2, -0.15) is 0 Å². The number of ether oxygens (including phenoxy) is 1. The molecule has 1 aromatic carbocycles. The quantitative estimate of drug-likeness (QED) is 0.485. The Kier molecular flexibility index (Phi) is 6.07. The second-order valence-corrected chi connectivity index (χ2v) is 4.40. The number of methoxy groups -OCH3 is 1. The smallest absolute Gasteiger partial charge is 0.311 e. The van der Waals surface area contributed by atoms with E-state index >= 15 is 0 Å². The van der Waals surface area contributed by atoms with Crippen molar-refractivity contribution in [2.45, 2.75) is 25.5 Å². The van der Waals surface area contributed by atoms with Crippen molar-refractivity contribution in [1.29, 1.82) is 0 Å². The Morgan fingerprint density at radius 2 is 2.19 bits per heavy atom. The van der Waals surface area contributed by atoms with Gasteiger partial charge in [0.25, 0.3) is 0 Å². The van der Waals surface area contributed by atoms with E-state index in [1.54, 1.807) is 6.92 Å². The van der Waals surface area contributed by atoms with Crippen LogP contribution in [0.1, 0.15) is 25.0 Å². The zero-order chi connectivity index (χ0) is 16.0. The lowest BCUT2D eigenvalue weighted by Gasteiger charge is -2.22. The maximum absolute atomic E-state index is 11.0. The maximum atomic E-state index is 11.0. The molecule has 0 bridgehead atoms. The molecular weight excluding hydrogens is 280 g/mol. The SMILES string of the molecule is CCNC(CC(=O)O)C(O)c1ccc(OC)c([N+](=O)[O-])c1.